The van der Waals surface area contributed by atoms with E-state index in [1.54, 1.807) is 78.9 Å². The van der Waals surface area contributed by atoms with Gasteiger partial charge in [-0.15, -0.1) is 0 Å². The maximum atomic E-state index is 12.9. The molecular weight excluding hydrogens is 430 g/mol. The minimum atomic E-state index is -1.17. The molecule has 3 aromatic carbocycles. The van der Waals surface area contributed by atoms with E-state index in [0.29, 0.717) is 27.6 Å². The van der Waals surface area contributed by atoms with Crippen LogP contribution in [-0.4, -0.2) is 24.8 Å². The first-order valence-corrected chi connectivity index (χ1v) is 10.3. The topological polar surface area (TPSA) is 81.7 Å². The number of hydrogen-bond donors (Lipinski definition) is 1. The molecule has 0 radical (unpaired) electrons. The predicted octanol–water partition coefficient (Wildman–Crippen LogP) is 5.23. The lowest BCUT2D eigenvalue weighted by Crippen LogP contribution is -2.26. The molecular formula is C25H22ClNO5. The summed E-state index contributed by atoms with van der Waals surface area (Å²) in [5.74, 6) is -0.795. The maximum absolute atomic E-state index is 12.9. The first-order chi connectivity index (χ1) is 15.5. The van der Waals surface area contributed by atoms with E-state index < -0.39 is 18.0 Å². The number of carbonyl (C=O) groups excluding carboxylic acids is 3. The Morgan fingerprint density at radius 3 is 2.31 bits per heavy atom. The molecule has 1 amide bonds. The van der Waals surface area contributed by atoms with Gasteiger partial charge in [0.2, 0.25) is 6.10 Å². The summed E-state index contributed by atoms with van der Waals surface area (Å²) >= 11 is 5.83. The molecule has 32 heavy (non-hydrogen) atoms. The number of benzene rings is 3. The highest BCUT2D eigenvalue weighted by Crippen LogP contribution is 2.23. The average molecular weight is 452 g/mol. The Morgan fingerprint density at radius 2 is 1.62 bits per heavy atom. The van der Waals surface area contributed by atoms with Crippen molar-refractivity contribution >= 4 is 34.9 Å². The summed E-state index contributed by atoms with van der Waals surface area (Å²) in [5, 5.41) is 3.26. The molecule has 7 heteroatoms. The van der Waals surface area contributed by atoms with E-state index in [-0.39, 0.29) is 18.6 Å². The molecule has 1 atom stereocenters. The number of anilines is 1. The highest BCUT2D eigenvalue weighted by atomic mass is 35.5. The highest BCUT2D eigenvalue weighted by molar-refractivity contribution is 6.30. The normalized spacial score (nSPS) is 11.3. The maximum Gasteiger partial charge on any atom is 0.307 e. The number of ketones is 1. The molecule has 3 rings (SSSR count). The number of carbonyl (C=O) groups is 3. The number of halogens is 1. The van der Waals surface area contributed by atoms with Crippen molar-refractivity contribution in [1.82, 2.24) is 0 Å². The van der Waals surface area contributed by atoms with Crippen LogP contribution in [0.4, 0.5) is 5.69 Å². The number of hydrogen-bond acceptors (Lipinski definition) is 5. The Bertz CT molecular complexity index is 1080. The van der Waals surface area contributed by atoms with Gasteiger partial charge < -0.3 is 14.8 Å². The van der Waals surface area contributed by atoms with Gasteiger partial charge in [-0.1, -0.05) is 48.0 Å². The van der Waals surface area contributed by atoms with Crippen molar-refractivity contribution in [2.24, 2.45) is 0 Å². The van der Waals surface area contributed by atoms with Gasteiger partial charge in [0.15, 0.2) is 5.78 Å². The fourth-order valence-corrected chi connectivity index (χ4v) is 3.12. The summed E-state index contributed by atoms with van der Waals surface area (Å²) < 4.78 is 10.6. The van der Waals surface area contributed by atoms with Gasteiger partial charge >= 0.3 is 5.97 Å². The van der Waals surface area contributed by atoms with Crippen molar-refractivity contribution in [3.8, 4) is 5.75 Å². The van der Waals surface area contributed by atoms with E-state index in [4.69, 9.17) is 21.1 Å². The second-order valence-corrected chi connectivity index (χ2v) is 7.37. The summed E-state index contributed by atoms with van der Waals surface area (Å²) in [6.45, 7) is 0. The number of Topliss-reactive ketones (excluding diaryl/α,β-unsaturated/α-hetero) is 1. The van der Waals surface area contributed by atoms with Crippen LogP contribution in [0, 0.1) is 0 Å². The lowest BCUT2D eigenvalue weighted by Gasteiger charge is -2.18. The lowest BCUT2D eigenvalue weighted by atomic mass is 10.1. The molecule has 6 nitrogen and oxygen atoms in total. The standard InChI is InChI=1S/C25H22ClNO5/c1-31-21-9-5-8-20(16-21)27-25(30)24(18-6-3-2-4-7-18)32-23(29)15-14-22(28)17-10-12-19(26)13-11-17/h2-13,16,24H,14-15H2,1H3,(H,27,30)/t24-/m1/s1. The SMILES string of the molecule is COc1cccc(NC(=O)[C@H](OC(=O)CCC(=O)c2ccc(Cl)cc2)c2ccccc2)c1. The third-order valence-corrected chi connectivity index (χ3v) is 4.90. The van der Waals surface area contributed by atoms with Gasteiger partial charge in [-0.2, -0.15) is 0 Å². The van der Waals surface area contributed by atoms with Crippen molar-refractivity contribution in [3.63, 3.8) is 0 Å². The third-order valence-electron chi connectivity index (χ3n) is 4.65. The van der Waals surface area contributed by atoms with E-state index in [1.807, 2.05) is 0 Å². The van der Waals surface area contributed by atoms with Gasteiger partial charge in [-0.05, 0) is 36.4 Å². The number of rotatable bonds is 9. The smallest absolute Gasteiger partial charge is 0.307 e. The summed E-state index contributed by atoms with van der Waals surface area (Å²) in [4.78, 5) is 37.7. The van der Waals surface area contributed by atoms with E-state index in [1.165, 1.54) is 7.11 Å². The van der Waals surface area contributed by atoms with Gasteiger partial charge in [-0.25, -0.2) is 0 Å². The summed E-state index contributed by atoms with van der Waals surface area (Å²) in [6, 6.07) is 22.0. The van der Waals surface area contributed by atoms with Crippen LogP contribution >= 0.6 is 11.6 Å². The van der Waals surface area contributed by atoms with Crippen LogP contribution in [-0.2, 0) is 14.3 Å². The monoisotopic (exact) mass is 451 g/mol. The van der Waals surface area contributed by atoms with E-state index >= 15 is 0 Å². The molecule has 0 heterocycles. The molecule has 0 aliphatic rings. The van der Waals surface area contributed by atoms with E-state index in [9.17, 15) is 14.4 Å². The van der Waals surface area contributed by atoms with Crippen molar-refractivity contribution in [2.75, 3.05) is 12.4 Å². The second kappa shape index (κ2) is 11.1. The zero-order valence-electron chi connectivity index (χ0n) is 17.4. The minimum absolute atomic E-state index is 0.0422. The van der Waals surface area contributed by atoms with Crippen LogP contribution < -0.4 is 10.1 Å². The number of nitrogens with one attached hydrogen (secondary N) is 1. The molecule has 0 spiro atoms. The minimum Gasteiger partial charge on any atom is -0.497 e. The molecule has 0 saturated heterocycles. The Balaban J connectivity index is 1.67. The Labute approximate surface area is 191 Å². The number of esters is 1. The number of ether oxygens (including phenoxy) is 2. The van der Waals surface area contributed by atoms with Gasteiger partial charge in [0.25, 0.3) is 5.91 Å². The van der Waals surface area contributed by atoms with Crippen LogP contribution in [0.25, 0.3) is 0 Å². The first-order valence-electron chi connectivity index (χ1n) is 9.94. The number of methoxy groups -OCH3 is 1. The summed E-state index contributed by atoms with van der Waals surface area (Å²) in [5.41, 5.74) is 1.48. The highest BCUT2D eigenvalue weighted by Gasteiger charge is 2.25. The van der Waals surface area contributed by atoms with Gasteiger partial charge in [0.1, 0.15) is 5.75 Å². The summed E-state index contributed by atoms with van der Waals surface area (Å²) in [7, 11) is 1.53. The van der Waals surface area contributed by atoms with Crippen LogP contribution in [0.2, 0.25) is 5.02 Å². The molecule has 0 aliphatic carbocycles. The fraction of sp³-hybridized carbons (Fsp3) is 0.160. The Hall–Kier alpha value is -3.64. The van der Waals surface area contributed by atoms with Crippen LogP contribution in [0.5, 0.6) is 5.75 Å². The molecule has 0 aliphatic heterocycles. The van der Waals surface area contributed by atoms with Crippen molar-refractivity contribution < 1.29 is 23.9 Å². The fourth-order valence-electron chi connectivity index (χ4n) is 3.00. The van der Waals surface area contributed by atoms with Gasteiger partial charge in [-0.3, -0.25) is 14.4 Å². The molecule has 0 fully saturated rings. The number of amides is 1. The molecule has 3 aromatic rings. The quantitative estimate of drug-likeness (QED) is 0.355. The largest absolute Gasteiger partial charge is 0.497 e. The Kier molecular flexibility index (Phi) is 8.00. The van der Waals surface area contributed by atoms with Gasteiger partial charge in [0.05, 0.1) is 13.5 Å². The molecule has 0 saturated carbocycles. The van der Waals surface area contributed by atoms with Crippen LogP contribution in [0.3, 0.4) is 0 Å². The second-order valence-electron chi connectivity index (χ2n) is 6.93. The van der Waals surface area contributed by atoms with Crippen molar-refractivity contribution in [2.45, 2.75) is 18.9 Å². The predicted molar refractivity (Wildman–Crippen MR) is 122 cm³/mol. The summed E-state index contributed by atoms with van der Waals surface area (Å²) in [6.07, 6.45) is -1.36. The first kappa shape index (κ1) is 23.0. The van der Waals surface area contributed by atoms with Crippen LogP contribution in [0.1, 0.15) is 34.9 Å². The molecule has 1 N–H and O–H groups in total. The zero-order chi connectivity index (χ0) is 22.9. The lowest BCUT2D eigenvalue weighted by molar-refractivity contribution is -0.154. The van der Waals surface area contributed by atoms with E-state index in [2.05, 4.69) is 5.32 Å². The van der Waals surface area contributed by atoms with Crippen LogP contribution in [0.15, 0.2) is 78.9 Å². The Morgan fingerprint density at radius 1 is 0.906 bits per heavy atom. The molecule has 0 aromatic heterocycles. The van der Waals surface area contributed by atoms with Crippen molar-refractivity contribution in [3.05, 3.63) is 95.0 Å². The van der Waals surface area contributed by atoms with E-state index in [0.717, 1.165) is 0 Å². The molecule has 164 valence electrons. The molecule has 0 bridgehead atoms. The average Bonchev–Trinajstić information content (AvgIpc) is 2.82. The molecule has 0 unspecified atom stereocenters. The third kappa shape index (κ3) is 6.43. The van der Waals surface area contributed by atoms with Crippen molar-refractivity contribution in [1.29, 1.82) is 0 Å². The zero-order valence-corrected chi connectivity index (χ0v) is 18.2. The van der Waals surface area contributed by atoms with Gasteiger partial charge in [0, 0.05) is 34.3 Å².